The summed E-state index contributed by atoms with van der Waals surface area (Å²) >= 11 is 0. The van der Waals surface area contributed by atoms with E-state index in [1.54, 1.807) is 25.3 Å². The van der Waals surface area contributed by atoms with Gasteiger partial charge in [0.15, 0.2) is 5.69 Å². The van der Waals surface area contributed by atoms with E-state index in [0.29, 0.717) is 29.9 Å². The van der Waals surface area contributed by atoms with Crippen molar-refractivity contribution in [1.82, 2.24) is 10.2 Å². The first-order chi connectivity index (χ1) is 11.2. The molecule has 2 aromatic carbocycles. The third-order valence-corrected chi connectivity index (χ3v) is 3.46. The Morgan fingerprint density at radius 3 is 2.65 bits per heavy atom. The Hall–Kier alpha value is -2.86. The molecular weight excluding hydrogens is 296 g/mol. The van der Waals surface area contributed by atoms with Crippen molar-refractivity contribution in [3.63, 3.8) is 0 Å². The SMILES string of the molecule is COCc1cccc(COc2cccc3c(C(=O)O)n[nH]c23)c1. The topological polar surface area (TPSA) is 84.4 Å². The molecule has 2 N–H and O–H groups in total. The molecule has 118 valence electrons. The molecular formula is C17H16N2O4. The number of carboxylic acid groups (broad SMARTS) is 1. The van der Waals surface area contributed by atoms with Gasteiger partial charge in [-0.2, -0.15) is 5.10 Å². The molecule has 0 aliphatic rings. The summed E-state index contributed by atoms with van der Waals surface area (Å²) in [6.45, 7) is 0.921. The van der Waals surface area contributed by atoms with E-state index in [1.807, 2.05) is 24.3 Å². The van der Waals surface area contributed by atoms with Crippen LogP contribution in [0.4, 0.5) is 0 Å². The number of aromatic carboxylic acids is 1. The van der Waals surface area contributed by atoms with Gasteiger partial charge in [0.25, 0.3) is 0 Å². The van der Waals surface area contributed by atoms with Crippen molar-refractivity contribution in [2.45, 2.75) is 13.2 Å². The van der Waals surface area contributed by atoms with Crippen LogP contribution in [0.3, 0.4) is 0 Å². The van der Waals surface area contributed by atoms with Gasteiger partial charge in [-0.05, 0) is 17.2 Å². The molecule has 0 bridgehead atoms. The summed E-state index contributed by atoms with van der Waals surface area (Å²) in [5.41, 5.74) is 2.65. The lowest BCUT2D eigenvalue weighted by molar-refractivity contribution is 0.0692. The van der Waals surface area contributed by atoms with E-state index < -0.39 is 5.97 Å². The predicted molar refractivity (Wildman–Crippen MR) is 84.5 cm³/mol. The highest BCUT2D eigenvalue weighted by Gasteiger charge is 2.15. The van der Waals surface area contributed by atoms with Crippen LogP contribution in [0, 0.1) is 0 Å². The summed E-state index contributed by atoms with van der Waals surface area (Å²) in [6, 6.07) is 13.2. The Balaban J connectivity index is 1.82. The number of fused-ring (bicyclic) bond motifs is 1. The van der Waals surface area contributed by atoms with Gasteiger partial charge in [0, 0.05) is 12.5 Å². The van der Waals surface area contributed by atoms with E-state index in [2.05, 4.69) is 10.2 Å². The lowest BCUT2D eigenvalue weighted by Gasteiger charge is -2.08. The molecule has 0 aliphatic carbocycles. The molecule has 3 rings (SSSR count). The molecule has 0 aliphatic heterocycles. The van der Waals surface area contributed by atoms with Crippen molar-refractivity contribution < 1.29 is 19.4 Å². The van der Waals surface area contributed by atoms with Crippen molar-refractivity contribution in [2.24, 2.45) is 0 Å². The molecule has 0 saturated heterocycles. The second-order valence-corrected chi connectivity index (χ2v) is 5.10. The fourth-order valence-electron chi connectivity index (χ4n) is 2.44. The Morgan fingerprint density at radius 1 is 1.17 bits per heavy atom. The zero-order valence-corrected chi connectivity index (χ0v) is 12.6. The maximum atomic E-state index is 11.1. The molecule has 6 nitrogen and oxygen atoms in total. The van der Waals surface area contributed by atoms with Gasteiger partial charge in [0.2, 0.25) is 0 Å². The van der Waals surface area contributed by atoms with Gasteiger partial charge >= 0.3 is 5.97 Å². The first-order valence-corrected chi connectivity index (χ1v) is 7.09. The van der Waals surface area contributed by atoms with Crippen molar-refractivity contribution in [1.29, 1.82) is 0 Å². The Bertz CT molecular complexity index is 841. The number of ether oxygens (including phenoxy) is 2. The van der Waals surface area contributed by atoms with Crippen molar-refractivity contribution >= 4 is 16.9 Å². The highest BCUT2D eigenvalue weighted by molar-refractivity contribution is 6.02. The van der Waals surface area contributed by atoms with Crippen LogP contribution >= 0.6 is 0 Å². The fourth-order valence-corrected chi connectivity index (χ4v) is 2.44. The molecule has 0 amide bonds. The van der Waals surface area contributed by atoms with Gasteiger partial charge in [0.05, 0.1) is 6.61 Å². The number of hydrogen-bond donors (Lipinski definition) is 2. The Kier molecular flexibility index (Phi) is 4.25. The van der Waals surface area contributed by atoms with Crippen molar-refractivity contribution in [2.75, 3.05) is 7.11 Å². The quantitative estimate of drug-likeness (QED) is 0.731. The number of aromatic nitrogens is 2. The zero-order chi connectivity index (χ0) is 16.2. The first kappa shape index (κ1) is 15.1. The summed E-state index contributed by atoms with van der Waals surface area (Å²) in [5.74, 6) is -0.500. The van der Waals surface area contributed by atoms with Crippen LogP contribution in [0.1, 0.15) is 21.6 Å². The predicted octanol–water partition coefficient (Wildman–Crippen LogP) is 2.99. The third-order valence-electron chi connectivity index (χ3n) is 3.46. The average molecular weight is 312 g/mol. The monoisotopic (exact) mass is 312 g/mol. The normalized spacial score (nSPS) is 10.8. The molecule has 0 atom stereocenters. The number of aromatic amines is 1. The third kappa shape index (κ3) is 3.17. The van der Waals surface area contributed by atoms with Crippen LogP contribution in [0.25, 0.3) is 10.9 Å². The summed E-state index contributed by atoms with van der Waals surface area (Å²) < 4.78 is 10.9. The Morgan fingerprint density at radius 2 is 1.91 bits per heavy atom. The van der Waals surface area contributed by atoms with Crippen LogP contribution in [-0.2, 0) is 18.0 Å². The maximum Gasteiger partial charge on any atom is 0.357 e. The van der Waals surface area contributed by atoms with E-state index >= 15 is 0 Å². The minimum atomic E-state index is -1.07. The molecule has 1 aromatic heterocycles. The highest BCUT2D eigenvalue weighted by atomic mass is 16.5. The van der Waals surface area contributed by atoms with Crippen LogP contribution in [0.5, 0.6) is 5.75 Å². The molecule has 0 radical (unpaired) electrons. The number of nitrogens with zero attached hydrogens (tertiary/aromatic N) is 1. The zero-order valence-electron chi connectivity index (χ0n) is 12.6. The van der Waals surface area contributed by atoms with E-state index in [-0.39, 0.29) is 5.69 Å². The Labute approximate surface area is 132 Å². The number of methoxy groups -OCH3 is 1. The molecule has 3 aromatic rings. The van der Waals surface area contributed by atoms with Gasteiger partial charge in [-0.25, -0.2) is 4.79 Å². The number of benzene rings is 2. The van der Waals surface area contributed by atoms with Crippen molar-refractivity contribution in [3.05, 3.63) is 59.3 Å². The van der Waals surface area contributed by atoms with Gasteiger partial charge in [-0.1, -0.05) is 36.4 Å². The number of H-pyrrole nitrogens is 1. The molecule has 1 heterocycles. The molecule has 0 saturated carbocycles. The van der Waals surface area contributed by atoms with E-state index in [9.17, 15) is 4.79 Å². The molecule has 23 heavy (non-hydrogen) atoms. The van der Waals surface area contributed by atoms with Gasteiger partial charge in [0.1, 0.15) is 17.9 Å². The number of rotatable bonds is 6. The lowest BCUT2D eigenvalue weighted by Crippen LogP contribution is -1.98. The van der Waals surface area contributed by atoms with Crippen molar-refractivity contribution in [3.8, 4) is 5.75 Å². The minimum Gasteiger partial charge on any atom is -0.487 e. The number of hydrogen-bond acceptors (Lipinski definition) is 4. The fraction of sp³-hybridized carbons (Fsp3) is 0.176. The van der Waals surface area contributed by atoms with E-state index in [4.69, 9.17) is 14.6 Å². The van der Waals surface area contributed by atoms with Gasteiger partial charge in [-0.15, -0.1) is 0 Å². The number of para-hydroxylation sites is 1. The second kappa shape index (κ2) is 6.50. The summed E-state index contributed by atoms with van der Waals surface area (Å²) in [7, 11) is 1.65. The summed E-state index contributed by atoms with van der Waals surface area (Å²) in [6.07, 6.45) is 0. The molecule has 0 fully saturated rings. The molecule has 6 heteroatoms. The number of carboxylic acids is 1. The van der Waals surface area contributed by atoms with Crippen LogP contribution in [-0.4, -0.2) is 28.4 Å². The standard InChI is InChI=1S/C17H16N2O4/c1-22-9-11-4-2-5-12(8-11)10-23-14-7-3-6-13-15(14)18-19-16(13)17(20)21/h2-8H,9-10H2,1H3,(H,18,19)(H,20,21). The first-order valence-electron chi connectivity index (χ1n) is 7.09. The van der Waals surface area contributed by atoms with E-state index in [1.165, 1.54) is 0 Å². The minimum absolute atomic E-state index is 0.00691. The lowest BCUT2D eigenvalue weighted by atomic mass is 10.1. The highest BCUT2D eigenvalue weighted by Crippen LogP contribution is 2.26. The average Bonchev–Trinajstić information content (AvgIpc) is 2.98. The largest absolute Gasteiger partial charge is 0.487 e. The number of carbonyl (C=O) groups is 1. The number of nitrogens with one attached hydrogen (secondary N) is 1. The van der Waals surface area contributed by atoms with Crippen LogP contribution < -0.4 is 4.74 Å². The summed E-state index contributed by atoms with van der Waals surface area (Å²) in [4.78, 5) is 11.1. The molecule has 0 spiro atoms. The summed E-state index contributed by atoms with van der Waals surface area (Å²) in [5, 5.41) is 16.2. The maximum absolute atomic E-state index is 11.1. The van der Waals surface area contributed by atoms with Crippen LogP contribution in [0.2, 0.25) is 0 Å². The van der Waals surface area contributed by atoms with Gasteiger partial charge in [-0.3, -0.25) is 5.10 Å². The smallest absolute Gasteiger partial charge is 0.357 e. The van der Waals surface area contributed by atoms with Gasteiger partial charge < -0.3 is 14.6 Å². The molecule has 0 unspecified atom stereocenters. The van der Waals surface area contributed by atoms with Crippen LogP contribution in [0.15, 0.2) is 42.5 Å². The second-order valence-electron chi connectivity index (χ2n) is 5.10. The van der Waals surface area contributed by atoms with E-state index in [0.717, 1.165) is 11.1 Å².